The summed E-state index contributed by atoms with van der Waals surface area (Å²) < 4.78 is 6.32. The number of furan rings is 1. The van der Waals surface area contributed by atoms with Crippen LogP contribution in [0.4, 0.5) is 5.82 Å². The summed E-state index contributed by atoms with van der Waals surface area (Å²) in [5, 5.41) is 19.5. The number of piperidine rings is 2. The summed E-state index contributed by atoms with van der Waals surface area (Å²) >= 11 is 1.42. The largest absolute Gasteiger partial charge is 0.454 e. The van der Waals surface area contributed by atoms with Crippen molar-refractivity contribution in [2.75, 3.05) is 39.3 Å². The van der Waals surface area contributed by atoms with E-state index in [-0.39, 0.29) is 18.2 Å². The Bertz CT molecular complexity index is 1480. The van der Waals surface area contributed by atoms with Gasteiger partial charge in [0, 0.05) is 30.9 Å². The molecule has 202 valence electrons. The molecule has 11 heteroatoms. The van der Waals surface area contributed by atoms with Crippen LogP contribution in [0.25, 0.3) is 11.0 Å². The van der Waals surface area contributed by atoms with Crippen molar-refractivity contribution in [3.8, 4) is 0 Å². The first-order valence-corrected chi connectivity index (χ1v) is 14.4. The summed E-state index contributed by atoms with van der Waals surface area (Å²) in [5.74, 6) is 0.744. The minimum atomic E-state index is -0.502. The van der Waals surface area contributed by atoms with Crippen molar-refractivity contribution in [1.82, 2.24) is 30.0 Å². The third kappa shape index (κ3) is 4.95. The molecule has 10 nitrogen and oxygen atoms in total. The van der Waals surface area contributed by atoms with Crippen LogP contribution in [-0.2, 0) is 4.79 Å². The zero-order valence-electron chi connectivity index (χ0n) is 21.5. The topological polar surface area (TPSA) is 127 Å². The number of aliphatic hydroxyl groups is 1. The van der Waals surface area contributed by atoms with Crippen LogP contribution in [0.3, 0.4) is 0 Å². The first-order chi connectivity index (χ1) is 19.1. The maximum Gasteiger partial charge on any atom is 0.174 e. The number of nitrogens with one attached hydrogen (secondary N) is 2. The van der Waals surface area contributed by atoms with Crippen LogP contribution in [0.5, 0.6) is 0 Å². The summed E-state index contributed by atoms with van der Waals surface area (Å²) in [6.45, 7) is 3.98. The number of aliphatic imine (C=N–C) groups is 1. The number of imidazole rings is 1. The first-order valence-electron chi connectivity index (χ1n) is 13.6. The zero-order chi connectivity index (χ0) is 26.3. The van der Waals surface area contributed by atoms with Crippen molar-refractivity contribution in [1.29, 1.82) is 0 Å². The standard InChI is InChI=1S/C28H31N7O3S/c36-17(13-34-10-4-1-5-11-34)14-35-15-21-26(22(37)16-35)25(18-12-29-33-27(18)30-21)23-8-9-24(38-23)39-28-31-19-6-2-3-7-20(19)32-28/h2-3,6-9,12,17,25-26,36H,1,4-5,10-11,13-16H2,(H,29,33)(H,31,32). The Morgan fingerprint density at radius 1 is 1.05 bits per heavy atom. The number of aliphatic hydroxyl groups excluding tert-OH is 1. The fraction of sp³-hybridized carbons (Fsp3) is 0.429. The van der Waals surface area contributed by atoms with E-state index in [0.717, 1.165) is 40.6 Å². The Morgan fingerprint density at radius 3 is 2.77 bits per heavy atom. The Kier molecular flexibility index (Phi) is 6.59. The van der Waals surface area contributed by atoms with Crippen LogP contribution >= 0.6 is 11.8 Å². The lowest BCUT2D eigenvalue weighted by molar-refractivity contribution is -0.123. The van der Waals surface area contributed by atoms with Crippen molar-refractivity contribution in [3.05, 3.63) is 53.9 Å². The Morgan fingerprint density at radius 2 is 1.90 bits per heavy atom. The number of nitrogens with zero attached hydrogens (tertiary/aromatic N) is 5. The molecule has 0 aliphatic carbocycles. The molecule has 0 bridgehead atoms. The predicted octanol–water partition coefficient (Wildman–Crippen LogP) is 3.60. The molecule has 3 atom stereocenters. The Labute approximate surface area is 229 Å². The number of β-amino-alcohol motifs (C(OH)–C–C–N with tert-alkyl or cyclic N) is 1. The summed E-state index contributed by atoms with van der Waals surface area (Å²) in [6, 6.07) is 11.8. The van der Waals surface area contributed by atoms with E-state index in [9.17, 15) is 9.90 Å². The van der Waals surface area contributed by atoms with Crippen molar-refractivity contribution >= 4 is 40.1 Å². The second kappa shape index (κ2) is 10.4. The minimum absolute atomic E-state index is 0.0879. The molecule has 2 saturated heterocycles. The highest BCUT2D eigenvalue weighted by Crippen LogP contribution is 2.44. The molecule has 3 unspecified atom stereocenters. The number of benzene rings is 1. The van der Waals surface area contributed by atoms with Crippen molar-refractivity contribution in [2.45, 2.75) is 41.5 Å². The Hall–Kier alpha value is -3.25. The third-order valence-corrected chi connectivity index (χ3v) is 8.71. The quantitative estimate of drug-likeness (QED) is 0.322. The van der Waals surface area contributed by atoms with Gasteiger partial charge in [0.15, 0.2) is 21.8 Å². The van der Waals surface area contributed by atoms with Gasteiger partial charge in [-0.05, 0) is 62.0 Å². The SMILES string of the molecule is O=C1CN(CC(O)CN2CCCCC2)CC2=Nc3[nH]ncc3C(c3ccc(Sc4nc5ccccc5[nH]4)o3)C12. The second-order valence-corrected chi connectivity index (χ2v) is 11.7. The van der Waals surface area contributed by atoms with E-state index in [1.54, 1.807) is 6.20 Å². The van der Waals surface area contributed by atoms with E-state index in [0.29, 0.717) is 36.3 Å². The Balaban J connectivity index is 1.09. The summed E-state index contributed by atoms with van der Waals surface area (Å²) in [7, 11) is 0. The number of carbonyl (C=O) groups excluding carboxylic acids is 1. The van der Waals surface area contributed by atoms with Gasteiger partial charge < -0.3 is 19.4 Å². The number of rotatable bonds is 7. The molecule has 3 aliphatic heterocycles. The molecular weight excluding hydrogens is 514 g/mol. The van der Waals surface area contributed by atoms with Gasteiger partial charge in [0.2, 0.25) is 0 Å². The van der Waals surface area contributed by atoms with E-state index >= 15 is 0 Å². The molecule has 3 aromatic heterocycles. The van der Waals surface area contributed by atoms with Gasteiger partial charge in [-0.3, -0.25) is 14.8 Å². The van der Waals surface area contributed by atoms with Crippen molar-refractivity contribution < 1.29 is 14.3 Å². The van der Waals surface area contributed by atoms with Gasteiger partial charge in [-0.15, -0.1) is 0 Å². The molecule has 3 N–H and O–H groups in total. The van der Waals surface area contributed by atoms with Crippen LogP contribution < -0.4 is 0 Å². The van der Waals surface area contributed by atoms with Gasteiger partial charge in [-0.1, -0.05) is 18.6 Å². The lowest BCUT2D eigenvalue weighted by Crippen LogP contribution is -2.53. The van der Waals surface area contributed by atoms with Gasteiger partial charge in [0.05, 0.1) is 41.7 Å². The molecule has 0 saturated carbocycles. The number of hydrogen-bond donors (Lipinski definition) is 3. The fourth-order valence-corrected chi connectivity index (χ4v) is 6.94. The van der Waals surface area contributed by atoms with Crippen LogP contribution in [-0.4, -0.2) is 91.9 Å². The normalized spacial score (nSPS) is 23.0. The van der Waals surface area contributed by atoms with E-state index in [1.807, 2.05) is 41.3 Å². The number of aromatic nitrogens is 4. The lowest BCUT2D eigenvalue weighted by Gasteiger charge is -2.38. The van der Waals surface area contributed by atoms with Crippen LogP contribution in [0.15, 0.2) is 62.3 Å². The summed E-state index contributed by atoms with van der Waals surface area (Å²) in [6.07, 6.45) is 4.88. The van der Waals surface area contributed by atoms with Gasteiger partial charge >= 0.3 is 0 Å². The molecule has 7 rings (SSSR count). The average molecular weight is 546 g/mol. The van der Waals surface area contributed by atoms with Gasteiger partial charge in [-0.2, -0.15) is 5.10 Å². The van der Waals surface area contributed by atoms with Crippen molar-refractivity contribution in [2.24, 2.45) is 10.9 Å². The van der Waals surface area contributed by atoms with Crippen LogP contribution in [0, 0.1) is 5.92 Å². The molecule has 3 aliphatic rings. The van der Waals surface area contributed by atoms with Gasteiger partial charge in [0.1, 0.15) is 5.76 Å². The number of likely N-dealkylation sites (tertiary alicyclic amines) is 2. The molecule has 4 aromatic rings. The second-order valence-electron chi connectivity index (χ2n) is 10.7. The number of fused-ring (bicyclic) bond motifs is 3. The highest BCUT2D eigenvalue weighted by atomic mass is 32.2. The third-order valence-electron chi connectivity index (χ3n) is 7.90. The van der Waals surface area contributed by atoms with Gasteiger partial charge in [-0.25, -0.2) is 9.98 Å². The maximum atomic E-state index is 13.6. The van der Waals surface area contributed by atoms with E-state index in [2.05, 4.69) is 25.1 Å². The van der Waals surface area contributed by atoms with Gasteiger partial charge in [0.25, 0.3) is 0 Å². The molecule has 0 amide bonds. The highest BCUT2D eigenvalue weighted by molar-refractivity contribution is 7.99. The summed E-state index contributed by atoms with van der Waals surface area (Å²) in [4.78, 5) is 30.7. The number of H-pyrrole nitrogens is 2. The van der Waals surface area contributed by atoms with Crippen molar-refractivity contribution in [3.63, 3.8) is 0 Å². The zero-order valence-corrected chi connectivity index (χ0v) is 22.4. The lowest BCUT2D eigenvalue weighted by atomic mass is 9.75. The molecule has 2 fully saturated rings. The van der Waals surface area contributed by atoms with Crippen LogP contribution in [0.2, 0.25) is 0 Å². The first kappa shape index (κ1) is 24.8. The number of ketones is 1. The molecule has 0 radical (unpaired) electrons. The predicted molar refractivity (Wildman–Crippen MR) is 148 cm³/mol. The smallest absolute Gasteiger partial charge is 0.174 e. The van der Waals surface area contributed by atoms with E-state index in [1.165, 1.54) is 31.0 Å². The number of para-hydroxylation sites is 2. The van der Waals surface area contributed by atoms with Crippen LogP contribution in [0.1, 0.15) is 36.5 Å². The average Bonchev–Trinajstić information content (AvgIpc) is 3.67. The summed E-state index contributed by atoms with van der Waals surface area (Å²) in [5.41, 5.74) is 3.54. The highest BCUT2D eigenvalue weighted by Gasteiger charge is 2.45. The number of Topliss-reactive ketones (excluding diaryl/α,β-unsaturated/α-hetero) is 1. The van der Waals surface area contributed by atoms with E-state index < -0.39 is 12.0 Å². The molecular formula is C28H31N7O3S. The maximum absolute atomic E-state index is 13.6. The number of carbonyl (C=O) groups is 1. The molecule has 1 aromatic carbocycles. The molecule has 39 heavy (non-hydrogen) atoms. The number of aromatic amines is 2. The molecule has 6 heterocycles. The molecule has 0 spiro atoms. The van der Waals surface area contributed by atoms with E-state index in [4.69, 9.17) is 9.41 Å². The fourth-order valence-electron chi connectivity index (χ4n) is 6.17. The minimum Gasteiger partial charge on any atom is -0.454 e. The monoisotopic (exact) mass is 545 g/mol. The number of hydrogen-bond acceptors (Lipinski definition) is 9.